The first-order valence-electron chi connectivity index (χ1n) is 10.6. The summed E-state index contributed by atoms with van der Waals surface area (Å²) in [7, 11) is 0. The van der Waals surface area contributed by atoms with E-state index < -0.39 is 12.0 Å². The van der Waals surface area contributed by atoms with Crippen molar-refractivity contribution in [1.82, 2.24) is 10.6 Å². The average Bonchev–Trinajstić information content (AvgIpc) is 2.85. The van der Waals surface area contributed by atoms with Gasteiger partial charge in [-0.25, -0.2) is 9.59 Å². The highest BCUT2D eigenvalue weighted by molar-refractivity contribution is 8.17. The zero-order chi connectivity index (χ0) is 23.0. The summed E-state index contributed by atoms with van der Waals surface area (Å²) in [6, 6.07) is 28.4. The molecule has 2 amide bonds. The molecule has 0 fully saturated rings. The number of benzene rings is 3. The highest BCUT2D eigenvalue weighted by Gasteiger charge is 2.37. The van der Waals surface area contributed by atoms with Crippen molar-refractivity contribution in [3.63, 3.8) is 0 Å². The van der Waals surface area contributed by atoms with Crippen LogP contribution in [0, 0.1) is 0 Å². The lowest BCUT2D eigenvalue weighted by Gasteiger charge is -2.32. The van der Waals surface area contributed by atoms with E-state index in [0.29, 0.717) is 11.3 Å². The van der Waals surface area contributed by atoms with Gasteiger partial charge in [0.15, 0.2) is 0 Å². The summed E-state index contributed by atoms with van der Waals surface area (Å²) in [5, 5.41) is 5.84. The minimum absolute atomic E-state index is 0.243. The van der Waals surface area contributed by atoms with Gasteiger partial charge in [-0.05, 0) is 36.8 Å². The Bertz CT molecular complexity index is 1080. The van der Waals surface area contributed by atoms with Crippen LogP contribution in [0.25, 0.3) is 0 Å². The third kappa shape index (κ3) is 5.80. The summed E-state index contributed by atoms with van der Waals surface area (Å²) in [5.41, 5.74) is 1.79. The molecule has 1 atom stereocenters. The number of nitrogens with one attached hydrogen (secondary N) is 2. The van der Waals surface area contributed by atoms with Crippen LogP contribution in [0.1, 0.15) is 18.5 Å². The predicted molar refractivity (Wildman–Crippen MR) is 133 cm³/mol. The van der Waals surface area contributed by atoms with Gasteiger partial charge in [-0.15, -0.1) is 23.5 Å². The van der Waals surface area contributed by atoms with Gasteiger partial charge in [0.25, 0.3) is 0 Å². The van der Waals surface area contributed by atoms with Gasteiger partial charge in [0, 0.05) is 9.79 Å². The van der Waals surface area contributed by atoms with Crippen LogP contribution in [0.15, 0.2) is 112 Å². The molecular weight excluding hydrogens is 452 g/mol. The van der Waals surface area contributed by atoms with Gasteiger partial charge < -0.3 is 15.4 Å². The molecule has 7 heteroatoms. The standard InChI is InChI=1S/C26H24N2O3S2/c1-2-31-24(29)21-22(18-12-6-3-7-13-18)27-26(30)28-23(21)25(32-19-14-8-4-9-15-19)33-20-16-10-5-11-17-20/h3-17,22,25H,2H2,1H3,(H2,27,28,30). The Morgan fingerprint density at radius 3 is 1.91 bits per heavy atom. The molecule has 0 aliphatic carbocycles. The Labute approximate surface area is 202 Å². The third-order valence-electron chi connectivity index (χ3n) is 4.94. The van der Waals surface area contributed by atoms with E-state index in [2.05, 4.69) is 10.6 Å². The number of amides is 2. The predicted octanol–water partition coefficient (Wildman–Crippen LogP) is 5.77. The van der Waals surface area contributed by atoms with Gasteiger partial charge in [0.05, 0.1) is 23.9 Å². The summed E-state index contributed by atoms with van der Waals surface area (Å²) < 4.78 is 5.16. The summed E-state index contributed by atoms with van der Waals surface area (Å²) >= 11 is 3.17. The topological polar surface area (TPSA) is 67.4 Å². The van der Waals surface area contributed by atoms with Crippen molar-refractivity contribution in [3.05, 3.63) is 108 Å². The molecule has 1 aliphatic rings. The van der Waals surface area contributed by atoms with Crippen molar-refractivity contribution in [1.29, 1.82) is 0 Å². The van der Waals surface area contributed by atoms with Crippen LogP contribution >= 0.6 is 23.5 Å². The summed E-state index contributed by atoms with van der Waals surface area (Å²) in [5.74, 6) is -0.443. The molecule has 0 spiro atoms. The third-order valence-corrected chi connectivity index (χ3v) is 7.50. The number of rotatable bonds is 8. The second kappa shape index (κ2) is 11.1. The van der Waals surface area contributed by atoms with Crippen LogP contribution in [0.5, 0.6) is 0 Å². The number of carbonyl (C=O) groups excluding carboxylic acids is 2. The Morgan fingerprint density at radius 1 is 0.879 bits per heavy atom. The lowest BCUT2D eigenvalue weighted by atomic mass is 9.95. The number of esters is 1. The van der Waals surface area contributed by atoms with Gasteiger partial charge >= 0.3 is 12.0 Å². The minimum atomic E-state index is -0.607. The Morgan fingerprint density at radius 2 is 1.39 bits per heavy atom. The molecule has 2 N–H and O–H groups in total. The van der Waals surface area contributed by atoms with Gasteiger partial charge in [0.2, 0.25) is 0 Å². The molecule has 168 valence electrons. The van der Waals surface area contributed by atoms with Crippen LogP contribution in [-0.4, -0.2) is 23.2 Å². The van der Waals surface area contributed by atoms with Gasteiger partial charge in [-0.1, -0.05) is 66.7 Å². The van der Waals surface area contributed by atoms with E-state index in [9.17, 15) is 9.59 Å². The van der Waals surface area contributed by atoms with Gasteiger partial charge in [0.1, 0.15) is 4.58 Å². The first kappa shape index (κ1) is 23.0. The summed E-state index contributed by atoms with van der Waals surface area (Å²) in [4.78, 5) is 28.0. The molecule has 0 aromatic heterocycles. The largest absolute Gasteiger partial charge is 0.463 e. The molecule has 0 saturated heterocycles. The molecule has 1 heterocycles. The van der Waals surface area contributed by atoms with Gasteiger partial charge in [-0.3, -0.25) is 0 Å². The van der Waals surface area contributed by atoms with Gasteiger partial charge in [-0.2, -0.15) is 0 Å². The maximum absolute atomic E-state index is 13.2. The number of thioether (sulfide) groups is 2. The van der Waals surface area contributed by atoms with Crippen LogP contribution in [0.4, 0.5) is 4.79 Å². The summed E-state index contributed by atoms with van der Waals surface area (Å²) in [6.45, 7) is 2.02. The van der Waals surface area contributed by atoms with Crippen LogP contribution in [0.3, 0.4) is 0 Å². The van der Waals surface area contributed by atoms with Crippen molar-refractivity contribution >= 4 is 35.5 Å². The molecule has 1 unspecified atom stereocenters. The molecule has 0 bridgehead atoms. The first-order valence-corrected chi connectivity index (χ1v) is 12.4. The molecule has 0 radical (unpaired) electrons. The average molecular weight is 477 g/mol. The highest BCUT2D eigenvalue weighted by Crippen LogP contribution is 2.42. The normalized spacial score (nSPS) is 15.7. The molecule has 4 rings (SSSR count). The smallest absolute Gasteiger partial charge is 0.338 e. The zero-order valence-corrected chi connectivity index (χ0v) is 19.7. The fraction of sp³-hybridized carbons (Fsp3) is 0.154. The van der Waals surface area contributed by atoms with E-state index in [0.717, 1.165) is 15.4 Å². The maximum atomic E-state index is 13.2. The number of urea groups is 1. The quantitative estimate of drug-likeness (QED) is 0.245. The summed E-state index contributed by atoms with van der Waals surface area (Å²) in [6.07, 6.45) is 0. The number of ether oxygens (including phenoxy) is 1. The second-order valence-electron chi connectivity index (χ2n) is 7.18. The Kier molecular flexibility index (Phi) is 7.75. The number of carbonyl (C=O) groups is 2. The van der Waals surface area contributed by atoms with Crippen molar-refractivity contribution < 1.29 is 14.3 Å². The molecule has 3 aromatic carbocycles. The zero-order valence-electron chi connectivity index (χ0n) is 18.1. The van der Waals surface area contributed by atoms with Crippen molar-refractivity contribution in [2.75, 3.05) is 6.61 Å². The maximum Gasteiger partial charge on any atom is 0.338 e. The number of hydrogen-bond donors (Lipinski definition) is 2. The molecule has 5 nitrogen and oxygen atoms in total. The van der Waals surface area contributed by atoms with E-state index >= 15 is 0 Å². The van der Waals surface area contributed by atoms with E-state index in [-0.39, 0.29) is 17.2 Å². The molecule has 1 aliphatic heterocycles. The van der Waals surface area contributed by atoms with E-state index in [4.69, 9.17) is 4.74 Å². The Hall–Kier alpha value is -3.16. The van der Waals surface area contributed by atoms with Crippen LogP contribution in [-0.2, 0) is 9.53 Å². The van der Waals surface area contributed by atoms with E-state index in [1.54, 1.807) is 30.4 Å². The lowest BCUT2D eigenvalue weighted by molar-refractivity contribution is -0.139. The van der Waals surface area contributed by atoms with Crippen molar-refractivity contribution in [2.45, 2.75) is 27.3 Å². The van der Waals surface area contributed by atoms with Crippen LogP contribution in [0.2, 0.25) is 0 Å². The SMILES string of the molecule is CCOC(=O)C1=C(C(Sc2ccccc2)Sc2ccccc2)NC(=O)NC1c1ccccc1. The minimum Gasteiger partial charge on any atom is -0.463 e. The monoisotopic (exact) mass is 476 g/mol. The van der Waals surface area contributed by atoms with Crippen molar-refractivity contribution in [3.8, 4) is 0 Å². The molecule has 3 aromatic rings. The molecule has 33 heavy (non-hydrogen) atoms. The first-order chi connectivity index (χ1) is 16.2. The van der Waals surface area contributed by atoms with E-state index in [1.165, 1.54) is 0 Å². The van der Waals surface area contributed by atoms with E-state index in [1.807, 2.05) is 91.0 Å². The molecule has 0 saturated carbocycles. The molecular formula is C26H24N2O3S2. The Balaban J connectivity index is 1.83. The lowest BCUT2D eigenvalue weighted by Crippen LogP contribution is -2.47. The fourth-order valence-electron chi connectivity index (χ4n) is 3.49. The van der Waals surface area contributed by atoms with Crippen LogP contribution < -0.4 is 10.6 Å². The highest BCUT2D eigenvalue weighted by atomic mass is 32.2. The second-order valence-corrected chi connectivity index (χ2v) is 9.84. The fourth-order valence-corrected chi connectivity index (χ4v) is 6.08. The van der Waals surface area contributed by atoms with Crippen molar-refractivity contribution in [2.24, 2.45) is 0 Å². The number of hydrogen-bond acceptors (Lipinski definition) is 5.